The molecule has 1 atom stereocenters. The van der Waals surface area contributed by atoms with E-state index in [9.17, 15) is 9.59 Å². The van der Waals surface area contributed by atoms with Crippen LogP contribution in [0.3, 0.4) is 0 Å². The molecule has 3 rings (SSSR count). The molecule has 2 aromatic heterocycles. The van der Waals surface area contributed by atoms with Gasteiger partial charge in [0.25, 0.3) is 11.5 Å². The lowest BCUT2D eigenvalue weighted by Crippen LogP contribution is -3.08. The van der Waals surface area contributed by atoms with Gasteiger partial charge in [0.1, 0.15) is 18.0 Å². The number of methoxy groups -OCH3 is 1. The monoisotopic (exact) mass is 359 g/mol. The van der Waals surface area contributed by atoms with Crippen LogP contribution in [0.5, 0.6) is 5.75 Å². The third-order valence-corrected chi connectivity index (χ3v) is 4.43. The first-order chi connectivity index (χ1) is 12.0. The first kappa shape index (κ1) is 17.1. The summed E-state index contributed by atoms with van der Waals surface area (Å²) in [5.41, 5.74) is 1.30. The normalized spacial score (nSPS) is 12.1. The molecule has 0 spiro atoms. The van der Waals surface area contributed by atoms with Crippen molar-refractivity contribution in [3.63, 3.8) is 0 Å². The van der Waals surface area contributed by atoms with Crippen molar-refractivity contribution in [2.24, 2.45) is 0 Å². The van der Waals surface area contributed by atoms with Gasteiger partial charge in [0.05, 0.1) is 14.2 Å². The highest BCUT2D eigenvalue weighted by atomic mass is 32.1. The summed E-state index contributed by atoms with van der Waals surface area (Å²) < 4.78 is 6.60. The van der Waals surface area contributed by atoms with Crippen LogP contribution < -0.4 is 20.5 Å². The lowest BCUT2D eigenvalue weighted by atomic mass is 10.3. The number of quaternary nitrogens is 1. The third-order valence-electron chi connectivity index (χ3n) is 3.68. The molecule has 0 aliphatic carbocycles. The highest BCUT2D eigenvalue weighted by Gasteiger charge is 2.13. The van der Waals surface area contributed by atoms with Gasteiger partial charge >= 0.3 is 0 Å². The molecular formula is C17H19N4O3S+. The van der Waals surface area contributed by atoms with Gasteiger partial charge in [0, 0.05) is 23.3 Å². The predicted octanol–water partition coefficient (Wildman–Crippen LogP) is 0.418. The molecule has 7 nitrogen and oxygen atoms in total. The molecular weight excluding hydrogens is 340 g/mol. The van der Waals surface area contributed by atoms with E-state index in [2.05, 4.69) is 10.3 Å². The largest absolute Gasteiger partial charge is 0.497 e. The molecule has 3 aromatic rings. The molecule has 1 amide bonds. The third kappa shape index (κ3) is 4.23. The van der Waals surface area contributed by atoms with Crippen LogP contribution in [0, 0.1) is 0 Å². The molecule has 0 bridgehead atoms. The molecule has 0 radical (unpaired) electrons. The number of anilines is 1. The molecule has 2 N–H and O–H groups in total. The van der Waals surface area contributed by atoms with Gasteiger partial charge < -0.3 is 15.0 Å². The van der Waals surface area contributed by atoms with Gasteiger partial charge in [0.2, 0.25) is 0 Å². The van der Waals surface area contributed by atoms with E-state index in [0.717, 1.165) is 16.3 Å². The van der Waals surface area contributed by atoms with Gasteiger partial charge in [0.15, 0.2) is 11.5 Å². The van der Waals surface area contributed by atoms with Crippen molar-refractivity contribution < 1.29 is 14.4 Å². The molecule has 0 saturated carbocycles. The van der Waals surface area contributed by atoms with E-state index < -0.39 is 0 Å². The average molecular weight is 359 g/mol. The Kier molecular flexibility index (Phi) is 5.11. The van der Waals surface area contributed by atoms with Gasteiger partial charge in [-0.15, -0.1) is 11.3 Å². The summed E-state index contributed by atoms with van der Waals surface area (Å²) in [5, 5.41) is 4.67. The van der Waals surface area contributed by atoms with Crippen molar-refractivity contribution >= 4 is 27.9 Å². The molecule has 0 saturated heterocycles. The minimum Gasteiger partial charge on any atom is -0.497 e. The fourth-order valence-corrected chi connectivity index (χ4v) is 3.24. The molecule has 0 fully saturated rings. The number of nitrogens with one attached hydrogen (secondary N) is 2. The summed E-state index contributed by atoms with van der Waals surface area (Å²) >= 11 is 1.41. The van der Waals surface area contributed by atoms with E-state index in [1.165, 1.54) is 21.8 Å². The van der Waals surface area contributed by atoms with Crippen molar-refractivity contribution in [3.05, 3.63) is 58.0 Å². The van der Waals surface area contributed by atoms with Crippen LogP contribution >= 0.6 is 11.3 Å². The number of nitrogens with zero attached hydrogens (tertiary/aromatic N) is 2. The number of rotatable bonds is 6. The van der Waals surface area contributed by atoms with Crippen molar-refractivity contribution in [1.29, 1.82) is 0 Å². The van der Waals surface area contributed by atoms with Gasteiger partial charge in [-0.25, -0.2) is 4.98 Å². The van der Waals surface area contributed by atoms with Gasteiger partial charge in [-0.3, -0.25) is 14.0 Å². The molecule has 1 unspecified atom stereocenters. The fraction of sp³-hybridized carbons (Fsp3) is 0.235. The van der Waals surface area contributed by atoms with Crippen LogP contribution in [-0.2, 0) is 11.3 Å². The molecule has 130 valence electrons. The first-order valence-electron chi connectivity index (χ1n) is 7.76. The zero-order valence-electron chi connectivity index (χ0n) is 14.0. The number of amides is 1. The first-order valence-corrected chi connectivity index (χ1v) is 8.64. The number of hydrogen-bond donors (Lipinski definition) is 2. The number of carbonyl (C=O) groups is 1. The summed E-state index contributed by atoms with van der Waals surface area (Å²) in [7, 11) is 3.49. The molecule has 8 heteroatoms. The van der Waals surface area contributed by atoms with Crippen molar-refractivity contribution in [1.82, 2.24) is 9.38 Å². The Morgan fingerprint density at radius 3 is 2.84 bits per heavy atom. The SMILES string of the molecule is COc1ccc(NC(=O)C[NH+](C)Cc2cc(=O)n3ccsc3n2)cc1. The van der Waals surface area contributed by atoms with E-state index >= 15 is 0 Å². The molecule has 25 heavy (non-hydrogen) atoms. The number of hydrogen-bond acceptors (Lipinski definition) is 5. The average Bonchev–Trinajstić information content (AvgIpc) is 3.04. The Hall–Kier alpha value is -2.71. The molecule has 2 heterocycles. The van der Waals surface area contributed by atoms with Crippen LogP contribution in [0.2, 0.25) is 0 Å². The number of carbonyl (C=O) groups excluding carboxylic acids is 1. The Bertz CT molecular complexity index is 933. The number of aromatic nitrogens is 2. The smallest absolute Gasteiger partial charge is 0.279 e. The maximum absolute atomic E-state index is 12.2. The van der Waals surface area contributed by atoms with E-state index in [4.69, 9.17) is 4.74 Å². The van der Waals surface area contributed by atoms with Crippen LogP contribution in [0.15, 0.2) is 46.7 Å². The summed E-state index contributed by atoms with van der Waals surface area (Å²) in [4.78, 5) is 30.2. The summed E-state index contributed by atoms with van der Waals surface area (Å²) in [6.07, 6.45) is 1.71. The highest BCUT2D eigenvalue weighted by Crippen LogP contribution is 2.14. The lowest BCUT2D eigenvalue weighted by Gasteiger charge is -2.13. The zero-order chi connectivity index (χ0) is 17.8. The van der Waals surface area contributed by atoms with Gasteiger partial charge in [-0.2, -0.15) is 0 Å². The van der Waals surface area contributed by atoms with Crippen LogP contribution in [-0.4, -0.2) is 36.0 Å². The summed E-state index contributed by atoms with van der Waals surface area (Å²) in [6, 6.07) is 8.68. The number of thiazole rings is 1. The maximum Gasteiger partial charge on any atom is 0.279 e. The van der Waals surface area contributed by atoms with Crippen LogP contribution in [0.4, 0.5) is 5.69 Å². The number of benzene rings is 1. The Balaban J connectivity index is 1.59. The maximum atomic E-state index is 12.2. The lowest BCUT2D eigenvalue weighted by molar-refractivity contribution is -0.885. The second-order valence-electron chi connectivity index (χ2n) is 5.73. The van der Waals surface area contributed by atoms with Crippen molar-refractivity contribution in [2.75, 3.05) is 26.0 Å². The minimum atomic E-state index is -0.100. The Labute approximate surface area is 148 Å². The minimum absolute atomic E-state index is 0.100. The van der Waals surface area contributed by atoms with Gasteiger partial charge in [-0.1, -0.05) is 0 Å². The van der Waals surface area contributed by atoms with Crippen LogP contribution in [0.1, 0.15) is 5.69 Å². The number of fused-ring (bicyclic) bond motifs is 1. The van der Waals surface area contributed by atoms with Crippen molar-refractivity contribution in [2.45, 2.75) is 6.54 Å². The Morgan fingerprint density at radius 2 is 2.12 bits per heavy atom. The summed E-state index contributed by atoms with van der Waals surface area (Å²) in [5.74, 6) is 0.638. The molecule has 0 aliphatic rings. The second kappa shape index (κ2) is 7.45. The van der Waals surface area contributed by atoms with Crippen molar-refractivity contribution in [3.8, 4) is 5.75 Å². The van der Waals surface area contributed by atoms with E-state index in [0.29, 0.717) is 17.2 Å². The highest BCUT2D eigenvalue weighted by molar-refractivity contribution is 7.15. The molecule has 1 aromatic carbocycles. The quantitative estimate of drug-likeness (QED) is 0.669. The van der Waals surface area contributed by atoms with Crippen LogP contribution in [0.25, 0.3) is 4.96 Å². The van der Waals surface area contributed by atoms with E-state index in [1.807, 2.05) is 12.4 Å². The van der Waals surface area contributed by atoms with E-state index in [1.54, 1.807) is 37.6 Å². The zero-order valence-corrected chi connectivity index (χ0v) is 14.8. The van der Waals surface area contributed by atoms with Gasteiger partial charge in [-0.05, 0) is 24.3 Å². The number of ether oxygens (including phenoxy) is 1. The standard InChI is InChI=1S/C17H18N4O3S/c1-20(10-13-9-16(23)21-7-8-25-17(21)19-13)11-15(22)18-12-3-5-14(24-2)6-4-12/h3-9H,10-11H2,1-2H3,(H,18,22)/p+1. The molecule has 0 aliphatic heterocycles. The number of likely N-dealkylation sites (N-methyl/N-ethyl adjacent to an activating group) is 1. The second-order valence-corrected chi connectivity index (χ2v) is 6.60. The fourth-order valence-electron chi connectivity index (χ4n) is 2.50. The predicted molar refractivity (Wildman–Crippen MR) is 96.4 cm³/mol. The topological polar surface area (TPSA) is 77.1 Å². The Morgan fingerprint density at radius 1 is 1.36 bits per heavy atom. The van der Waals surface area contributed by atoms with E-state index in [-0.39, 0.29) is 18.0 Å². The summed E-state index contributed by atoms with van der Waals surface area (Å²) in [6.45, 7) is 0.775.